The number of fused-ring (bicyclic) bond motifs is 1. The maximum Gasteiger partial charge on any atom is 0.268 e. The number of ether oxygens (including phenoxy) is 1. The Hall–Kier alpha value is -2.49. The van der Waals surface area contributed by atoms with Gasteiger partial charge in [-0.25, -0.2) is 0 Å². The fraction of sp³-hybridized carbons (Fsp3) is 0.350. The monoisotopic (exact) mass is 325 g/mol. The van der Waals surface area contributed by atoms with Crippen molar-refractivity contribution in [1.29, 1.82) is 0 Å². The topological polar surface area (TPSA) is 49.8 Å². The summed E-state index contributed by atoms with van der Waals surface area (Å²) in [7, 11) is 0. The van der Waals surface area contributed by atoms with E-state index in [2.05, 4.69) is 18.2 Å². The van der Waals surface area contributed by atoms with E-state index < -0.39 is 6.10 Å². The smallest absolute Gasteiger partial charge is 0.268 e. The van der Waals surface area contributed by atoms with Crippen LogP contribution in [0.1, 0.15) is 30.5 Å². The molecule has 24 heavy (non-hydrogen) atoms. The average Bonchev–Trinajstić information content (AvgIpc) is 2.51. The second-order valence-corrected chi connectivity index (χ2v) is 6.69. The normalized spacial score (nSPS) is 17.0. The molecular formula is C20H23NO3. The van der Waals surface area contributed by atoms with Gasteiger partial charge in [0.2, 0.25) is 0 Å². The highest BCUT2D eigenvalue weighted by Gasteiger charge is 2.36. The van der Waals surface area contributed by atoms with Crippen LogP contribution in [0, 0.1) is 13.8 Å². The Kier molecular flexibility index (Phi) is 4.22. The van der Waals surface area contributed by atoms with Crippen molar-refractivity contribution in [3.05, 3.63) is 53.1 Å². The lowest BCUT2D eigenvalue weighted by molar-refractivity contribution is -0.126. The van der Waals surface area contributed by atoms with E-state index in [4.69, 9.17) is 4.74 Å². The van der Waals surface area contributed by atoms with E-state index in [0.29, 0.717) is 17.9 Å². The Bertz CT molecular complexity index is 782. The summed E-state index contributed by atoms with van der Waals surface area (Å²) < 4.78 is 5.95. The van der Waals surface area contributed by atoms with Gasteiger partial charge >= 0.3 is 0 Å². The van der Waals surface area contributed by atoms with Crippen LogP contribution in [0.25, 0.3) is 0 Å². The molecule has 2 aromatic carbocycles. The van der Waals surface area contributed by atoms with Crippen molar-refractivity contribution in [3.8, 4) is 11.5 Å². The highest BCUT2D eigenvalue weighted by molar-refractivity contribution is 6.00. The number of amides is 1. The van der Waals surface area contributed by atoms with E-state index >= 15 is 0 Å². The first-order chi connectivity index (χ1) is 11.4. The van der Waals surface area contributed by atoms with Crippen LogP contribution in [0.4, 0.5) is 5.69 Å². The van der Waals surface area contributed by atoms with Gasteiger partial charge in [0.25, 0.3) is 5.91 Å². The van der Waals surface area contributed by atoms with E-state index in [9.17, 15) is 9.90 Å². The first-order valence-electron chi connectivity index (χ1n) is 8.25. The molecule has 4 heteroatoms. The molecule has 0 spiro atoms. The number of nitrogens with zero attached hydrogens (tertiary/aromatic N) is 1. The number of rotatable bonds is 3. The maximum atomic E-state index is 13.0. The van der Waals surface area contributed by atoms with E-state index in [1.807, 2.05) is 27.7 Å². The van der Waals surface area contributed by atoms with Crippen molar-refractivity contribution in [2.75, 3.05) is 4.90 Å². The van der Waals surface area contributed by atoms with Crippen LogP contribution in [-0.2, 0) is 11.2 Å². The lowest BCUT2D eigenvalue weighted by Gasteiger charge is -2.37. The number of phenols is 1. The van der Waals surface area contributed by atoms with Crippen LogP contribution < -0.4 is 9.64 Å². The van der Waals surface area contributed by atoms with Gasteiger partial charge in [0.05, 0.1) is 5.69 Å². The number of hydrogen-bond donors (Lipinski definition) is 1. The summed E-state index contributed by atoms with van der Waals surface area (Å²) in [5.41, 5.74) is 4.14. The molecule has 0 radical (unpaired) electrons. The maximum absolute atomic E-state index is 13.0. The average molecular weight is 325 g/mol. The fourth-order valence-corrected chi connectivity index (χ4v) is 3.16. The molecule has 0 bridgehead atoms. The minimum atomic E-state index is -0.581. The van der Waals surface area contributed by atoms with Crippen LogP contribution >= 0.6 is 0 Å². The van der Waals surface area contributed by atoms with Gasteiger partial charge in [-0.3, -0.25) is 4.79 Å². The number of carbonyl (C=O) groups excluding carboxylic acids is 1. The largest absolute Gasteiger partial charge is 0.508 e. The van der Waals surface area contributed by atoms with E-state index in [1.54, 1.807) is 23.1 Å². The number of hydrogen-bond acceptors (Lipinski definition) is 3. The second-order valence-electron chi connectivity index (χ2n) is 6.69. The van der Waals surface area contributed by atoms with Crippen molar-refractivity contribution in [2.24, 2.45) is 0 Å². The fourth-order valence-electron chi connectivity index (χ4n) is 3.16. The van der Waals surface area contributed by atoms with Crippen LogP contribution in [0.2, 0.25) is 0 Å². The summed E-state index contributed by atoms with van der Waals surface area (Å²) in [4.78, 5) is 14.7. The number of aryl methyl sites for hydroxylation is 2. The van der Waals surface area contributed by atoms with Gasteiger partial charge in [0, 0.05) is 18.5 Å². The summed E-state index contributed by atoms with van der Waals surface area (Å²) in [6.07, 6.45) is -0.0628. The lowest BCUT2D eigenvalue weighted by atomic mass is 9.98. The van der Waals surface area contributed by atoms with Crippen LogP contribution in [-0.4, -0.2) is 23.2 Å². The minimum Gasteiger partial charge on any atom is -0.508 e. The predicted octanol–water partition coefficient (Wildman–Crippen LogP) is 3.75. The summed E-state index contributed by atoms with van der Waals surface area (Å²) in [6.45, 7) is 8.05. The summed E-state index contributed by atoms with van der Waals surface area (Å²) in [5.74, 6) is 0.653. The van der Waals surface area contributed by atoms with E-state index in [-0.39, 0.29) is 17.7 Å². The standard InChI is InChI=1S/C20H23NO3/c1-12(2)21-17-8-7-16(22)11-18(17)24-19(20(21)23)10-15-9-13(3)5-6-14(15)4/h5-9,11-12,19,22H,10H2,1-4H3. The molecule has 0 saturated carbocycles. The van der Waals surface area contributed by atoms with E-state index in [0.717, 1.165) is 16.7 Å². The molecule has 3 rings (SSSR count). The van der Waals surface area contributed by atoms with Crippen molar-refractivity contribution in [2.45, 2.75) is 46.3 Å². The minimum absolute atomic E-state index is 0.0193. The second kappa shape index (κ2) is 6.19. The zero-order valence-corrected chi connectivity index (χ0v) is 14.5. The molecule has 0 saturated heterocycles. The third kappa shape index (κ3) is 2.96. The molecule has 1 amide bonds. The molecule has 0 aromatic heterocycles. The van der Waals surface area contributed by atoms with Crippen molar-refractivity contribution in [1.82, 2.24) is 0 Å². The van der Waals surface area contributed by atoms with E-state index in [1.165, 1.54) is 0 Å². The van der Waals surface area contributed by atoms with Crippen LogP contribution in [0.15, 0.2) is 36.4 Å². The van der Waals surface area contributed by atoms with Crippen LogP contribution in [0.3, 0.4) is 0 Å². The van der Waals surface area contributed by atoms with Gasteiger partial charge < -0.3 is 14.7 Å². The number of aromatic hydroxyl groups is 1. The quantitative estimate of drug-likeness (QED) is 0.935. The Morgan fingerprint density at radius 1 is 1.17 bits per heavy atom. The van der Waals surface area contributed by atoms with Crippen LogP contribution in [0.5, 0.6) is 11.5 Å². The van der Waals surface area contributed by atoms with Crippen molar-refractivity contribution < 1.29 is 14.6 Å². The Morgan fingerprint density at radius 3 is 2.62 bits per heavy atom. The SMILES string of the molecule is Cc1ccc(C)c(CC2Oc3cc(O)ccc3N(C(C)C)C2=O)c1. The zero-order chi connectivity index (χ0) is 17.4. The van der Waals surface area contributed by atoms with Gasteiger partial charge in [0.15, 0.2) is 6.10 Å². The summed E-state index contributed by atoms with van der Waals surface area (Å²) >= 11 is 0. The Morgan fingerprint density at radius 2 is 1.92 bits per heavy atom. The molecule has 1 aliphatic heterocycles. The third-order valence-corrected chi connectivity index (χ3v) is 4.41. The zero-order valence-electron chi connectivity index (χ0n) is 14.5. The number of phenolic OH excluding ortho intramolecular Hbond substituents is 1. The third-order valence-electron chi connectivity index (χ3n) is 4.41. The highest BCUT2D eigenvalue weighted by Crippen LogP contribution is 2.38. The molecule has 0 aliphatic carbocycles. The molecule has 2 aromatic rings. The first kappa shape index (κ1) is 16.4. The van der Waals surface area contributed by atoms with Gasteiger partial charge in [-0.05, 0) is 51.0 Å². The molecule has 1 heterocycles. The molecule has 1 N–H and O–H groups in total. The molecule has 4 nitrogen and oxygen atoms in total. The summed E-state index contributed by atoms with van der Waals surface area (Å²) in [6, 6.07) is 11.1. The van der Waals surface area contributed by atoms with Gasteiger partial charge in [-0.15, -0.1) is 0 Å². The molecule has 126 valence electrons. The van der Waals surface area contributed by atoms with Crippen molar-refractivity contribution in [3.63, 3.8) is 0 Å². The lowest BCUT2D eigenvalue weighted by Crippen LogP contribution is -2.50. The van der Waals surface area contributed by atoms with Gasteiger partial charge in [0.1, 0.15) is 11.5 Å². The number of benzene rings is 2. The first-order valence-corrected chi connectivity index (χ1v) is 8.25. The molecule has 1 atom stereocenters. The number of anilines is 1. The highest BCUT2D eigenvalue weighted by atomic mass is 16.5. The Balaban J connectivity index is 1.98. The number of carbonyl (C=O) groups is 1. The predicted molar refractivity (Wildman–Crippen MR) is 94.8 cm³/mol. The molecule has 0 fully saturated rings. The molecular weight excluding hydrogens is 302 g/mol. The summed E-state index contributed by atoms with van der Waals surface area (Å²) in [5, 5.41) is 9.75. The Labute approximate surface area is 142 Å². The molecule has 1 aliphatic rings. The van der Waals surface area contributed by atoms with Gasteiger partial charge in [-0.1, -0.05) is 23.8 Å². The van der Waals surface area contributed by atoms with Gasteiger partial charge in [-0.2, -0.15) is 0 Å². The van der Waals surface area contributed by atoms with Crippen molar-refractivity contribution >= 4 is 11.6 Å². The molecule has 1 unspecified atom stereocenters.